The molecular weight excluding hydrogens is 254 g/mol. The Hall–Kier alpha value is -1.62. The minimum absolute atomic E-state index is 0.0120. The third-order valence-electron chi connectivity index (χ3n) is 4.27. The fraction of sp³-hybridized carbons (Fsp3) is 0.600. The van der Waals surface area contributed by atoms with E-state index in [9.17, 15) is 9.90 Å². The van der Waals surface area contributed by atoms with Gasteiger partial charge in [-0.3, -0.25) is 4.79 Å². The maximum Gasteiger partial charge on any atom is 0.255 e. The Morgan fingerprint density at radius 3 is 2.70 bits per heavy atom. The second-order valence-electron chi connectivity index (χ2n) is 5.58. The summed E-state index contributed by atoms with van der Waals surface area (Å²) < 4.78 is 0. The number of aliphatic hydroxyl groups excluding tert-OH is 1. The highest BCUT2D eigenvalue weighted by Gasteiger charge is 2.29. The van der Waals surface area contributed by atoms with Crippen LogP contribution in [0.25, 0.3) is 0 Å². The molecule has 2 aliphatic heterocycles. The standard InChI is InChI=1S/C15H21N3O2/c19-11-13-4-3-9-18(13)15(20)12-5-6-14(16-10-12)17-7-1-2-8-17/h5-6,10,13,19H,1-4,7-9,11H2. The topological polar surface area (TPSA) is 56.7 Å². The van der Waals surface area contributed by atoms with Crippen LogP contribution in [-0.4, -0.2) is 53.2 Å². The summed E-state index contributed by atoms with van der Waals surface area (Å²) in [5.41, 5.74) is 0.619. The molecule has 2 fully saturated rings. The molecule has 1 aromatic heterocycles. The zero-order valence-electron chi connectivity index (χ0n) is 11.7. The van der Waals surface area contributed by atoms with E-state index in [4.69, 9.17) is 0 Å². The normalized spacial score (nSPS) is 22.6. The van der Waals surface area contributed by atoms with Gasteiger partial charge in [-0.2, -0.15) is 0 Å². The van der Waals surface area contributed by atoms with Gasteiger partial charge in [-0.25, -0.2) is 4.98 Å². The van der Waals surface area contributed by atoms with Crippen molar-refractivity contribution in [3.05, 3.63) is 23.9 Å². The number of aromatic nitrogens is 1. The maximum absolute atomic E-state index is 12.4. The Morgan fingerprint density at radius 1 is 1.25 bits per heavy atom. The predicted octanol–water partition coefficient (Wildman–Crippen LogP) is 1.28. The SMILES string of the molecule is O=C(c1ccc(N2CCCC2)nc1)N1CCCC1CO. The van der Waals surface area contributed by atoms with Crippen LogP contribution in [0, 0.1) is 0 Å². The molecule has 0 aliphatic carbocycles. The quantitative estimate of drug-likeness (QED) is 0.903. The predicted molar refractivity (Wildman–Crippen MR) is 76.8 cm³/mol. The second kappa shape index (κ2) is 5.79. The Balaban J connectivity index is 1.72. The van der Waals surface area contributed by atoms with E-state index in [1.165, 1.54) is 12.8 Å². The van der Waals surface area contributed by atoms with E-state index < -0.39 is 0 Å². The first-order valence-electron chi connectivity index (χ1n) is 7.42. The van der Waals surface area contributed by atoms with Crippen LogP contribution in [0.3, 0.4) is 0 Å². The number of carbonyl (C=O) groups is 1. The van der Waals surface area contributed by atoms with Crippen molar-refractivity contribution in [1.82, 2.24) is 9.88 Å². The van der Waals surface area contributed by atoms with E-state index in [0.29, 0.717) is 5.56 Å². The monoisotopic (exact) mass is 275 g/mol. The summed E-state index contributed by atoms with van der Waals surface area (Å²) in [6, 6.07) is 3.76. The summed E-state index contributed by atoms with van der Waals surface area (Å²) in [6.45, 7) is 2.89. The third-order valence-corrected chi connectivity index (χ3v) is 4.27. The number of rotatable bonds is 3. The van der Waals surface area contributed by atoms with Crippen molar-refractivity contribution < 1.29 is 9.90 Å². The molecule has 0 radical (unpaired) electrons. The minimum Gasteiger partial charge on any atom is -0.394 e. The van der Waals surface area contributed by atoms with Crippen molar-refractivity contribution in [2.75, 3.05) is 31.1 Å². The molecule has 3 heterocycles. The van der Waals surface area contributed by atoms with Gasteiger partial charge in [0.15, 0.2) is 0 Å². The van der Waals surface area contributed by atoms with Crippen LogP contribution < -0.4 is 4.90 Å². The van der Waals surface area contributed by atoms with Gasteiger partial charge in [-0.05, 0) is 37.8 Å². The van der Waals surface area contributed by atoms with Gasteiger partial charge >= 0.3 is 0 Å². The lowest BCUT2D eigenvalue weighted by Gasteiger charge is -2.23. The lowest BCUT2D eigenvalue weighted by atomic mass is 10.2. The van der Waals surface area contributed by atoms with Crippen LogP contribution in [0.5, 0.6) is 0 Å². The molecule has 0 saturated carbocycles. The number of likely N-dealkylation sites (tertiary alicyclic amines) is 1. The van der Waals surface area contributed by atoms with Crippen LogP contribution in [0.15, 0.2) is 18.3 Å². The van der Waals surface area contributed by atoms with Gasteiger partial charge in [0.05, 0.1) is 18.2 Å². The molecule has 3 rings (SSSR count). The van der Waals surface area contributed by atoms with Crippen LogP contribution in [0.2, 0.25) is 0 Å². The van der Waals surface area contributed by atoms with Gasteiger partial charge in [0, 0.05) is 25.8 Å². The number of hydrogen-bond donors (Lipinski definition) is 1. The second-order valence-corrected chi connectivity index (χ2v) is 5.58. The minimum atomic E-state index is -0.0271. The number of aliphatic hydroxyl groups is 1. The highest BCUT2D eigenvalue weighted by Crippen LogP contribution is 2.21. The van der Waals surface area contributed by atoms with Crippen molar-refractivity contribution in [2.45, 2.75) is 31.7 Å². The van der Waals surface area contributed by atoms with E-state index in [0.717, 1.165) is 38.3 Å². The van der Waals surface area contributed by atoms with Gasteiger partial charge in [0.2, 0.25) is 0 Å². The zero-order chi connectivity index (χ0) is 13.9. The first kappa shape index (κ1) is 13.4. The molecule has 1 unspecified atom stereocenters. The molecular formula is C15H21N3O2. The van der Waals surface area contributed by atoms with Gasteiger partial charge in [-0.15, -0.1) is 0 Å². The number of hydrogen-bond acceptors (Lipinski definition) is 4. The first-order valence-corrected chi connectivity index (χ1v) is 7.42. The van der Waals surface area contributed by atoms with Crippen molar-refractivity contribution in [3.8, 4) is 0 Å². The summed E-state index contributed by atoms with van der Waals surface area (Å²) in [6.07, 6.45) is 5.96. The van der Waals surface area contributed by atoms with E-state index in [1.807, 2.05) is 12.1 Å². The van der Waals surface area contributed by atoms with Crippen molar-refractivity contribution in [3.63, 3.8) is 0 Å². The molecule has 2 saturated heterocycles. The van der Waals surface area contributed by atoms with Crippen LogP contribution in [0.4, 0.5) is 5.82 Å². The molecule has 1 atom stereocenters. The van der Waals surface area contributed by atoms with Gasteiger partial charge in [0.1, 0.15) is 5.82 Å². The van der Waals surface area contributed by atoms with Crippen molar-refractivity contribution in [2.24, 2.45) is 0 Å². The average molecular weight is 275 g/mol. The van der Waals surface area contributed by atoms with E-state index in [1.54, 1.807) is 11.1 Å². The van der Waals surface area contributed by atoms with E-state index in [-0.39, 0.29) is 18.6 Å². The molecule has 1 aromatic rings. The highest BCUT2D eigenvalue weighted by molar-refractivity contribution is 5.94. The summed E-state index contributed by atoms with van der Waals surface area (Å²) in [7, 11) is 0. The third kappa shape index (κ3) is 2.50. The number of nitrogens with zero attached hydrogens (tertiary/aromatic N) is 3. The summed E-state index contributed by atoms with van der Waals surface area (Å²) in [5, 5.41) is 9.30. The molecule has 20 heavy (non-hydrogen) atoms. The Bertz CT molecular complexity index is 469. The number of amides is 1. The Labute approximate surface area is 119 Å². The maximum atomic E-state index is 12.4. The molecule has 0 aromatic carbocycles. The van der Waals surface area contributed by atoms with E-state index in [2.05, 4.69) is 9.88 Å². The molecule has 2 aliphatic rings. The summed E-state index contributed by atoms with van der Waals surface area (Å²) >= 11 is 0. The van der Waals surface area contributed by atoms with Crippen LogP contribution in [-0.2, 0) is 0 Å². The highest BCUT2D eigenvalue weighted by atomic mass is 16.3. The first-order chi connectivity index (χ1) is 9.79. The fourth-order valence-corrected chi connectivity index (χ4v) is 3.10. The largest absolute Gasteiger partial charge is 0.394 e. The number of carbonyl (C=O) groups excluding carboxylic acids is 1. The van der Waals surface area contributed by atoms with Gasteiger partial charge < -0.3 is 14.9 Å². The number of anilines is 1. The smallest absolute Gasteiger partial charge is 0.255 e. The lowest BCUT2D eigenvalue weighted by molar-refractivity contribution is 0.0677. The van der Waals surface area contributed by atoms with Gasteiger partial charge in [0.25, 0.3) is 5.91 Å². The van der Waals surface area contributed by atoms with E-state index >= 15 is 0 Å². The Morgan fingerprint density at radius 2 is 2.05 bits per heavy atom. The molecule has 108 valence electrons. The molecule has 1 amide bonds. The number of pyridine rings is 1. The molecule has 1 N–H and O–H groups in total. The fourth-order valence-electron chi connectivity index (χ4n) is 3.10. The average Bonchev–Trinajstić information content (AvgIpc) is 3.17. The van der Waals surface area contributed by atoms with Gasteiger partial charge in [-0.1, -0.05) is 0 Å². The Kier molecular flexibility index (Phi) is 3.87. The zero-order valence-corrected chi connectivity index (χ0v) is 11.7. The molecule has 5 nitrogen and oxygen atoms in total. The lowest BCUT2D eigenvalue weighted by Crippen LogP contribution is -2.37. The summed E-state index contributed by atoms with van der Waals surface area (Å²) in [5.74, 6) is 0.946. The van der Waals surface area contributed by atoms with Crippen molar-refractivity contribution >= 4 is 11.7 Å². The van der Waals surface area contributed by atoms with Crippen LogP contribution >= 0.6 is 0 Å². The van der Waals surface area contributed by atoms with Crippen LogP contribution in [0.1, 0.15) is 36.0 Å². The van der Waals surface area contributed by atoms with Crippen molar-refractivity contribution in [1.29, 1.82) is 0 Å². The molecule has 0 bridgehead atoms. The molecule has 0 spiro atoms. The summed E-state index contributed by atoms with van der Waals surface area (Å²) in [4.78, 5) is 20.9. The molecule has 5 heteroatoms.